The number of aliphatic hydroxyl groups excluding tert-OH is 1. The second-order valence-electron chi connectivity index (χ2n) is 26.6. The lowest BCUT2D eigenvalue weighted by atomic mass is 10.0. The molecule has 0 heterocycles. The van der Waals surface area contributed by atoms with Gasteiger partial charge in [-0.05, 0) is 128 Å². The number of unbranched alkanes of at least 4 members (excludes halogenated alkanes) is 27. The molecule has 0 aromatic rings. The van der Waals surface area contributed by atoms with Crippen molar-refractivity contribution in [1.29, 1.82) is 0 Å². The zero-order valence-electron chi connectivity index (χ0n) is 65.2. The maximum atomic E-state index is 13.1. The average Bonchev–Trinajstić information content (AvgIpc) is 0.918. The van der Waals surface area contributed by atoms with Crippen LogP contribution >= 0.6 is 15.6 Å². The van der Waals surface area contributed by atoms with Gasteiger partial charge in [0.25, 0.3) is 0 Å². The monoisotopic (exact) mass is 1500 g/mol. The van der Waals surface area contributed by atoms with Crippen molar-refractivity contribution in [3.63, 3.8) is 0 Å². The molecule has 104 heavy (non-hydrogen) atoms. The van der Waals surface area contributed by atoms with Crippen LogP contribution in [0.5, 0.6) is 0 Å². The van der Waals surface area contributed by atoms with Gasteiger partial charge in [-0.2, -0.15) is 0 Å². The molecule has 596 valence electrons. The number of ether oxygens (including phenoxy) is 4. The van der Waals surface area contributed by atoms with Crippen LogP contribution in [0.15, 0.2) is 134 Å². The van der Waals surface area contributed by atoms with Gasteiger partial charge in [0.05, 0.1) is 26.4 Å². The Balaban J connectivity index is 5.44. The van der Waals surface area contributed by atoms with Crippen molar-refractivity contribution in [1.82, 2.24) is 0 Å². The van der Waals surface area contributed by atoms with Crippen molar-refractivity contribution < 1.29 is 80.2 Å². The van der Waals surface area contributed by atoms with E-state index in [2.05, 4.69) is 143 Å². The van der Waals surface area contributed by atoms with E-state index in [1.165, 1.54) is 83.5 Å². The van der Waals surface area contributed by atoms with Gasteiger partial charge in [0, 0.05) is 25.7 Å². The topological polar surface area (TPSA) is 237 Å². The summed E-state index contributed by atoms with van der Waals surface area (Å²) in [5.74, 6) is -2.30. The summed E-state index contributed by atoms with van der Waals surface area (Å²) in [4.78, 5) is 73.0. The molecule has 0 aliphatic rings. The fraction of sp³-hybridized carbons (Fsp3) is 0.694. The molecule has 0 bridgehead atoms. The van der Waals surface area contributed by atoms with Gasteiger partial charge in [-0.25, -0.2) is 9.13 Å². The number of hydrogen-bond acceptors (Lipinski definition) is 15. The van der Waals surface area contributed by atoms with Gasteiger partial charge in [0.1, 0.15) is 19.3 Å². The fourth-order valence-corrected chi connectivity index (χ4v) is 12.1. The number of rotatable bonds is 75. The Morgan fingerprint density at radius 3 is 0.846 bits per heavy atom. The number of phosphoric ester groups is 2. The minimum Gasteiger partial charge on any atom is -0.462 e. The fourth-order valence-electron chi connectivity index (χ4n) is 10.5. The van der Waals surface area contributed by atoms with Crippen molar-refractivity contribution >= 4 is 39.5 Å². The van der Waals surface area contributed by atoms with Crippen molar-refractivity contribution in [2.75, 3.05) is 39.6 Å². The third-order valence-corrected chi connectivity index (χ3v) is 18.5. The van der Waals surface area contributed by atoms with Crippen LogP contribution in [-0.2, 0) is 65.4 Å². The first-order chi connectivity index (χ1) is 50.7. The van der Waals surface area contributed by atoms with Crippen molar-refractivity contribution in [2.45, 2.75) is 341 Å². The first-order valence-electron chi connectivity index (χ1n) is 40.4. The smallest absolute Gasteiger partial charge is 0.462 e. The molecular formula is C85H144O17P2. The van der Waals surface area contributed by atoms with E-state index in [9.17, 15) is 43.2 Å². The van der Waals surface area contributed by atoms with Gasteiger partial charge in [0.2, 0.25) is 0 Å². The number of aliphatic hydroxyl groups is 1. The van der Waals surface area contributed by atoms with E-state index in [0.29, 0.717) is 32.1 Å². The quantitative estimate of drug-likeness (QED) is 0.0169. The molecule has 5 unspecified atom stereocenters. The van der Waals surface area contributed by atoms with Crippen LogP contribution in [0.3, 0.4) is 0 Å². The largest absolute Gasteiger partial charge is 0.472 e. The molecule has 0 aliphatic carbocycles. The van der Waals surface area contributed by atoms with Crippen molar-refractivity contribution in [3.05, 3.63) is 134 Å². The standard InChI is InChI=1S/C85H144O17P2/c1-5-9-13-17-21-25-29-33-37-38-39-40-44-46-50-54-58-62-66-70-83(88)96-76-81(102-85(90)72-68-64-60-56-52-48-43-36-32-28-24-20-16-12-8-4)78-100-104(93,94)98-74-79(86)73-97-103(91,92)99-77-80(101-84(89)71-67-63-59-55-51-47-42-35-31-27-23-19-15-11-7-3)75-95-82(87)69-65-61-57-53-49-45-41-34-30-26-22-18-14-10-6-2/h9-10,13-14,21-23,25-27,33-35,37,39-42,46,50,58,62,79-81,86H,5-8,11-12,15-20,24,28-32,36,38,43-45,47-49,51-57,59-61,63-78H2,1-4H3,(H,91,92)(H,93,94)/b13-9-,14-10-,25-21-,26-22-,27-23-,37-33-,40-39-,41-34-,42-35-,50-46-,62-58-. The Hall–Kier alpha value is -4.80. The number of phosphoric acid groups is 2. The normalized spacial score (nSPS) is 14.6. The van der Waals surface area contributed by atoms with E-state index in [1.807, 2.05) is 18.2 Å². The number of carbonyl (C=O) groups is 4. The van der Waals surface area contributed by atoms with Crippen molar-refractivity contribution in [3.8, 4) is 0 Å². The van der Waals surface area contributed by atoms with E-state index in [1.54, 1.807) is 0 Å². The average molecular weight is 1500 g/mol. The van der Waals surface area contributed by atoms with Crippen LogP contribution in [-0.4, -0.2) is 96.7 Å². The van der Waals surface area contributed by atoms with Crippen LogP contribution in [0, 0.1) is 0 Å². The molecule has 0 rings (SSSR count). The number of esters is 4. The van der Waals surface area contributed by atoms with E-state index < -0.39 is 97.5 Å². The molecular weight excluding hydrogens is 1350 g/mol. The molecule has 0 saturated heterocycles. The summed E-state index contributed by atoms with van der Waals surface area (Å²) in [7, 11) is -9.99. The number of allylic oxidation sites excluding steroid dienone is 22. The summed E-state index contributed by atoms with van der Waals surface area (Å²) in [6.45, 7) is 4.53. The SMILES string of the molecule is CC/C=C\C/C=C\C/C=C\C/C=C\C/C=C\C/C=C\CCC(=O)OCC(COP(=O)(O)OCC(O)COP(=O)(O)OCC(COC(=O)CCCCCCC/C=C\C/C=C\C/C=C\CC)OC(=O)CCCCCCC/C=C\C/C=C\CCCCC)OC(=O)CCCCCCCCCCCCCCCCC. The van der Waals surface area contributed by atoms with Gasteiger partial charge < -0.3 is 33.8 Å². The highest BCUT2D eigenvalue weighted by Gasteiger charge is 2.30. The molecule has 3 N–H and O–H groups in total. The predicted octanol–water partition coefficient (Wildman–Crippen LogP) is 23.7. The van der Waals surface area contributed by atoms with Crippen LogP contribution in [0.1, 0.15) is 323 Å². The van der Waals surface area contributed by atoms with E-state index in [0.717, 1.165) is 154 Å². The first-order valence-corrected chi connectivity index (χ1v) is 43.4. The minimum absolute atomic E-state index is 0.0351. The zero-order chi connectivity index (χ0) is 76.0. The molecule has 0 saturated carbocycles. The Morgan fingerprint density at radius 1 is 0.279 bits per heavy atom. The van der Waals surface area contributed by atoms with Crippen LogP contribution in [0.25, 0.3) is 0 Å². The third kappa shape index (κ3) is 75.4. The van der Waals surface area contributed by atoms with E-state index in [-0.39, 0.29) is 25.7 Å². The Labute approximate surface area is 631 Å². The molecule has 0 aromatic heterocycles. The summed E-state index contributed by atoms with van der Waals surface area (Å²) >= 11 is 0. The number of hydrogen-bond donors (Lipinski definition) is 3. The highest BCUT2D eigenvalue weighted by Crippen LogP contribution is 2.45. The molecule has 5 atom stereocenters. The van der Waals surface area contributed by atoms with Crippen LogP contribution < -0.4 is 0 Å². The molecule has 19 heteroatoms. The second kappa shape index (κ2) is 76.4. The molecule has 0 amide bonds. The van der Waals surface area contributed by atoms with Gasteiger partial charge in [-0.1, -0.05) is 303 Å². The number of carbonyl (C=O) groups excluding carboxylic acids is 4. The van der Waals surface area contributed by atoms with Crippen molar-refractivity contribution in [2.24, 2.45) is 0 Å². The van der Waals surface area contributed by atoms with Crippen LogP contribution in [0.2, 0.25) is 0 Å². The van der Waals surface area contributed by atoms with E-state index in [4.69, 9.17) is 37.0 Å². The first kappa shape index (κ1) is 99.2. The van der Waals surface area contributed by atoms with Gasteiger partial charge in [0.15, 0.2) is 12.2 Å². The molecule has 0 fully saturated rings. The van der Waals surface area contributed by atoms with E-state index >= 15 is 0 Å². The maximum absolute atomic E-state index is 13.1. The Morgan fingerprint density at radius 2 is 0.519 bits per heavy atom. The lowest BCUT2D eigenvalue weighted by Gasteiger charge is -2.21. The molecule has 0 radical (unpaired) electrons. The van der Waals surface area contributed by atoms with Gasteiger partial charge >= 0.3 is 39.5 Å². The lowest BCUT2D eigenvalue weighted by Crippen LogP contribution is -2.30. The molecule has 0 spiro atoms. The van der Waals surface area contributed by atoms with Gasteiger partial charge in [-0.3, -0.25) is 37.3 Å². The Kier molecular flexibility index (Phi) is 72.9. The summed E-state index contributed by atoms with van der Waals surface area (Å²) in [5, 5.41) is 10.6. The predicted molar refractivity (Wildman–Crippen MR) is 427 cm³/mol. The molecule has 17 nitrogen and oxygen atoms in total. The summed E-state index contributed by atoms with van der Waals surface area (Å²) in [6, 6.07) is 0. The zero-order valence-corrected chi connectivity index (χ0v) is 66.9. The second-order valence-corrected chi connectivity index (χ2v) is 29.5. The maximum Gasteiger partial charge on any atom is 0.472 e. The highest BCUT2D eigenvalue weighted by atomic mass is 31.2. The summed E-state index contributed by atoms with van der Waals surface area (Å²) < 4.78 is 68.6. The molecule has 0 aromatic carbocycles. The minimum atomic E-state index is -5.00. The summed E-state index contributed by atoms with van der Waals surface area (Å²) in [5.41, 5.74) is 0. The Bertz CT molecular complexity index is 2490. The lowest BCUT2D eigenvalue weighted by molar-refractivity contribution is -0.161. The third-order valence-electron chi connectivity index (χ3n) is 16.6. The van der Waals surface area contributed by atoms with Gasteiger partial charge in [-0.15, -0.1) is 0 Å². The van der Waals surface area contributed by atoms with Crippen LogP contribution in [0.4, 0.5) is 0 Å². The molecule has 0 aliphatic heterocycles. The summed E-state index contributed by atoms with van der Waals surface area (Å²) in [6.07, 6.45) is 85.8. The highest BCUT2D eigenvalue weighted by molar-refractivity contribution is 7.47.